The van der Waals surface area contributed by atoms with E-state index in [1.165, 1.54) is 0 Å². The first-order valence-electron chi connectivity index (χ1n) is 8.81. The van der Waals surface area contributed by atoms with Gasteiger partial charge in [0.2, 0.25) is 5.91 Å². The van der Waals surface area contributed by atoms with Crippen molar-refractivity contribution in [1.29, 1.82) is 0 Å². The molecule has 0 aromatic carbocycles. The fraction of sp³-hybridized carbons (Fsp3) is 0.882. The molecule has 0 radical (unpaired) electrons. The molecule has 2 N–H and O–H groups in total. The average Bonchev–Trinajstić information content (AvgIpc) is 2.53. The van der Waals surface area contributed by atoms with E-state index in [4.69, 9.17) is 9.47 Å². The maximum absolute atomic E-state index is 11.7. The lowest BCUT2D eigenvalue weighted by atomic mass is 9.93. The summed E-state index contributed by atoms with van der Waals surface area (Å²) in [6.07, 6.45) is 4.84. The Balaban J connectivity index is 2.49. The van der Waals surface area contributed by atoms with Gasteiger partial charge in [-0.05, 0) is 39.5 Å². The number of hydrogen-bond donors (Lipinski definition) is 2. The van der Waals surface area contributed by atoms with Crippen molar-refractivity contribution in [1.82, 2.24) is 15.5 Å². The molecule has 0 heterocycles. The molecule has 1 aliphatic rings. The van der Waals surface area contributed by atoms with Crippen LogP contribution in [0.2, 0.25) is 0 Å². The molecule has 1 aliphatic carbocycles. The maximum Gasteiger partial charge on any atom is 0.243 e. The molecule has 7 nitrogen and oxygen atoms in total. The van der Waals surface area contributed by atoms with E-state index >= 15 is 0 Å². The predicted molar refractivity (Wildman–Crippen MR) is 96.3 cm³/mol. The highest BCUT2D eigenvalue weighted by Crippen LogP contribution is 2.22. The van der Waals surface area contributed by atoms with Crippen LogP contribution in [0, 0.1) is 0 Å². The minimum atomic E-state index is -0.0168. The molecule has 1 amide bonds. The Hall–Kier alpha value is -1.34. The van der Waals surface area contributed by atoms with E-state index in [2.05, 4.69) is 29.5 Å². The standard InChI is InChI=1S/C17H34N4O3/c1-13(2)24-15-8-6-14(7-9-15)20-17(18-10-11-23-5)19-12-16(22)21(3)4/h13-15H,6-12H2,1-5H3,(H2,18,19,20). The van der Waals surface area contributed by atoms with E-state index in [1.807, 2.05) is 0 Å². The number of aliphatic imine (C=N–C) groups is 1. The monoisotopic (exact) mass is 342 g/mol. The van der Waals surface area contributed by atoms with Crippen LogP contribution in [-0.4, -0.2) is 75.9 Å². The van der Waals surface area contributed by atoms with E-state index < -0.39 is 0 Å². The molecule has 0 aliphatic heterocycles. The zero-order valence-electron chi connectivity index (χ0n) is 15.8. The second kappa shape index (κ2) is 11.3. The average molecular weight is 342 g/mol. The second-order valence-electron chi connectivity index (χ2n) is 6.68. The zero-order valence-corrected chi connectivity index (χ0v) is 15.8. The van der Waals surface area contributed by atoms with Gasteiger partial charge in [0.15, 0.2) is 5.96 Å². The number of guanidine groups is 1. The molecule has 0 unspecified atom stereocenters. The number of likely N-dealkylation sites (N-methyl/N-ethyl adjacent to an activating group) is 1. The number of methoxy groups -OCH3 is 1. The van der Waals surface area contributed by atoms with E-state index in [0.29, 0.717) is 31.3 Å². The van der Waals surface area contributed by atoms with Gasteiger partial charge in [-0.1, -0.05) is 0 Å². The molecule has 1 rings (SSSR count). The number of ether oxygens (including phenoxy) is 2. The Morgan fingerprint density at radius 3 is 2.46 bits per heavy atom. The molecule has 0 aromatic heterocycles. The van der Waals surface area contributed by atoms with E-state index in [9.17, 15) is 4.79 Å². The number of carbonyl (C=O) groups is 1. The van der Waals surface area contributed by atoms with Crippen LogP contribution in [0.3, 0.4) is 0 Å². The molecule has 24 heavy (non-hydrogen) atoms. The van der Waals surface area contributed by atoms with Crippen LogP contribution < -0.4 is 10.6 Å². The Labute approximate surface area is 146 Å². The first kappa shape index (κ1) is 20.7. The first-order chi connectivity index (χ1) is 11.4. The summed E-state index contributed by atoms with van der Waals surface area (Å²) in [5, 5.41) is 6.66. The summed E-state index contributed by atoms with van der Waals surface area (Å²) >= 11 is 0. The highest BCUT2D eigenvalue weighted by Gasteiger charge is 2.23. The minimum Gasteiger partial charge on any atom is -0.383 e. The molecule has 0 spiro atoms. The van der Waals surface area contributed by atoms with Crippen molar-refractivity contribution < 1.29 is 14.3 Å². The van der Waals surface area contributed by atoms with Gasteiger partial charge in [0.25, 0.3) is 0 Å². The predicted octanol–water partition coefficient (Wildman–Crippen LogP) is 0.992. The fourth-order valence-corrected chi connectivity index (χ4v) is 2.63. The van der Waals surface area contributed by atoms with Gasteiger partial charge in [0.05, 0.1) is 18.8 Å². The van der Waals surface area contributed by atoms with Gasteiger partial charge in [-0.2, -0.15) is 0 Å². The van der Waals surface area contributed by atoms with Crippen molar-refractivity contribution in [3.8, 4) is 0 Å². The quantitative estimate of drug-likeness (QED) is 0.391. The highest BCUT2D eigenvalue weighted by atomic mass is 16.5. The lowest BCUT2D eigenvalue weighted by Crippen LogP contribution is -2.47. The third-order valence-electron chi connectivity index (χ3n) is 3.95. The van der Waals surface area contributed by atoms with Crippen molar-refractivity contribution in [2.75, 3.05) is 40.9 Å². The van der Waals surface area contributed by atoms with Crippen LogP contribution in [0.1, 0.15) is 39.5 Å². The van der Waals surface area contributed by atoms with Gasteiger partial charge in [0.1, 0.15) is 6.54 Å². The molecule has 0 saturated heterocycles. The van der Waals surface area contributed by atoms with Crippen molar-refractivity contribution >= 4 is 11.9 Å². The third kappa shape index (κ3) is 8.49. The van der Waals surface area contributed by atoms with Gasteiger partial charge in [-0.15, -0.1) is 0 Å². The molecular weight excluding hydrogens is 308 g/mol. The lowest BCUT2D eigenvalue weighted by Gasteiger charge is -2.31. The van der Waals surface area contributed by atoms with Gasteiger partial charge in [-0.25, -0.2) is 4.99 Å². The van der Waals surface area contributed by atoms with Crippen LogP contribution in [-0.2, 0) is 14.3 Å². The molecule has 1 saturated carbocycles. The summed E-state index contributed by atoms with van der Waals surface area (Å²) in [6.45, 7) is 5.55. The van der Waals surface area contributed by atoms with Crippen LogP contribution in [0.5, 0.6) is 0 Å². The molecule has 1 fully saturated rings. The Bertz CT molecular complexity index is 391. The summed E-state index contributed by atoms with van der Waals surface area (Å²) in [6, 6.07) is 0.361. The van der Waals surface area contributed by atoms with Gasteiger partial charge >= 0.3 is 0 Å². The van der Waals surface area contributed by atoms with Crippen molar-refractivity contribution in [2.45, 2.75) is 57.8 Å². The van der Waals surface area contributed by atoms with Crippen LogP contribution in [0.25, 0.3) is 0 Å². The number of hydrogen-bond acceptors (Lipinski definition) is 4. The smallest absolute Gasteiger partial charge is 0.243 e. The summed E-state index contributed by atoms with van der Waals surface area (Å²) < 4.78 is 10.9. The highest BCUT2D eigenvalue weighted by molar-refractivity contribution is 5.84. The van der Waals surface area contributed by atoms with Crippen molar-refractivity contribution in [3.05, 3.63) is 0 Å². The zero-order chi connectivity index (χ0) is 17.9. The number of nitrogens with zero attached hydrogens (tertiary/aromatic N) is 2. The molecular formula is C17H34N4O3. The topological polar surface area (TPSA) is 75.2 Å². The summed E-state index contributed by atoms with van der Waals surface area (Å²) in [4.78, 5) is 17.7. The minimum absolute atomic E-state index is 0.0168. The summed E-state index contributed by atoms with van der Waals surface area (Å²) in [7, 11) is 5.14. The van der Waals surface area contributed by atoms with E-state index in [0.717, 1.165) is 25.7 Å². The molecule has 140 valence electrons. The van der Waals surface area contributed by atoms with E-state index in [-0.39, 0.29) is 18.6 Å². The van der Waals surface area contributed by atoms with Gasteiger partial charge < -0.3 is 25.0 Å². The summed E-state index contributed by atoms with van der Waals surface area (Å²) in [5.41, 5.74) is 0. The van der Waals surface area contributed by atoms with Crippen LogP contribution in [0.4, 0.5) is 0 Å². The number of nitrogens with one attached hydrogen (secondary N) is 2. The van der Waals surface area contributed by atoms with E-state index in [1.54, 1.807) is 26.1 Å². The first-order valence-corrected chi connectivity index (χ1v) is 8.81. The molecule has 7 heteroatoms. The Kier molecular flexibility index (Phi) is 9.71. The maximum atomic E-state index is 11.7. The SMILES string of the molecule is COCCNC(=NCC(=O)N(C)C)NC1CCC(OC(C)C)CC1. The van der Waals surface area contributed by atoms with Crippen LogP contribution in [0.15, 0.2) is 4.99 Å². The van der Waals surface area contributed by atoms with Gasteiger partial charge in [-0.3, -0.25) is 4.79 Å². The lowest BCUT2D eigenvalue weighted by molar-refractivity contribution is -0.127. The normalized spacial score (nSPS) is 21.7. The fourth-order valence-electron chi connectivity index (χ4n) is 2.63. The number of amides is 1. The Morgan fingerprint density at radius 2 is 1.92 bits per heavy atom. The van der Waals surface area contributed by atoms with Crippen LogP contribution >= 0.6 is 0 Å². The second-order valence-corrected chi connectivity index (χ2v) is 6.68. The van der Waals surface area contributed by atoms with Gasteiger partial charge in [0, 0.05) is 33.8 Å². The Morgan fingerprint density at radius 1 is 1.25 bits per heavy atom. The molecule has 0 bridgehead atoms. The largest absolute Gasteiger partial charge is 0.383 e. The molecule has 0 aromatic rings. The number of rotatable bonds is 8. The third-order valence-corrected chi connectivity index (χ3v) is 3.95. The molecule has 0 atom stereocenters. The van der Waals surface area contributed by atoms with Crippen molar-refractivity contribution in [3.63, 3.8) is 0 Å². The van der Waals surface area contributed by atoms with Crippen molar-refractivity contribution in [2.24, 2.45) is 4.99 Å². The number of carbonyl (C=O) groups excluding carboxylic acids is 1. The summed E-state index contributed by atoms with van der Waals surface area (Å²) in [5.74, 6) is 0.660.